The van der Waals surface area contributed by atoms with E-state index in [0.29, 0.717) is 11.3 Å². The summed E-state index contributed by atoms with van der Waals surface area (Å²) < 4.78 is 47.9. The van der Waals surface area contributed by atoms with Gasteiger partial charge in [-0.05, 0) is 55.8 Å². The molecule has 186 valence electrons. The van der Waals surface area contributed by atoms with Crippen LogP contribution in [0.1, 0.15) is 31.0 Å². The third-order valence-electron chi connectivity index (χ3n) is 5.39. The van der Waals surface area contributed by atoms with Crippen molar-refractivity contribution >= 4 is 23.1 Å². The highest BCUT2D eigenvalue weighted by molar-refractivity contribution is 6.51. The summed E-state index contributed by atoms with van der Waals surface area (Å²) in [5.74, 6) is -2.36. The topological polar surface area (TPSA) is 76.1 Å². The van der Waals surface area contributed by atoms with Gasteiger partial charge in [-0.25, -0.2) is 0 Å². The molecule has 1 heterocycles. The van der Waals surface area contributed by atoms with Gasteiger partial charge in [0, 0.05) is 17.3 Å². The summed E-state index contributed by atoms with van der Waals surface area (Å²) in [5.41, 5.74) is 0.581. The molecule has 0 aliphatic carbocycles. The summed E-state index contributed by atoms with van der Waals surface area (Å²) >= 11 is 0. The minimum Gasteiger partial charge on any atom is -0.507 e. The fraction of sp³-hybridized carbons (Fsp3) is 0.185. The van der Waals surface area contributed by atoms with Crippen LogP contribution in [-0.2, 0) is 9.59 Å². The minimum atomic E-state index is -4.93. The molecule has 9 heteroatoms. The second-order valence-corrected chi connectivity index (χ2v) is 8.32. The smallest absolute Gasteiger partial charge is 0.507 e. The number of benzene rings is 3. The van der Waals surface area contributed by atoms with E-state index in [1.807, 2.05) is 13.8 Å². The van der Waals surface area contributed by atoms with Crippen molar-refractivity contribution in [2.45, 2.75) is 32.4 Å². The van der Waals surface area contributed by atoms with E-state index >= 15 is 0 Å². The predicted octanol–water partition coefficient (Wildman–Crippen LogP) is 6.00. The molecule has 0 radical (unpaired) electrons. The Morgan fingerprint density at radius 1 is 0.917 bits per heavy atom. The monoisotopic (exact) mass is 497 g/mol. The number of Topliss-reactive ketones (excluding diaryl/α,β-unsaturated/α-hetero) is 1. The number of amides is 1. The third kappa shape index (κ3) is 5.19. The van der Waals surface area contributed by atoms with Crippen molar-refractivity contribution in [2.24, 2.45) is 0 Å². The Kier molecular flexibility index (Phi) is 6.74. The fourth-order valence-corrected chi connectivity index (χ4v) is 4.00. The number of rotatable bonds is 6. The van der Waals surface area contributed by atoms with Crippen molar-refractivity contribution in [3.05, 3.63) is 95.6 Å². The largest absolute Gasteiger partial charge is 0.573 e. The van der Waals surface area contributed by atoms with Crippen molar-refractivity contribution in [1.29, 1.82) is 0 Å². The summed E-state index contributed by atoms with van der Waals surface area (Å²) in [4.78, 5) is 27.4. The van der Waals surface area contributed by atoms with Crippen LogP contribution in [0.5, 0.6) is 11.5 Å². The molecule has 4 rings (SSSR count). The number of alkyl halides is 3. The Balaban J connectivity index is 1.83. The zero-order chi connectivity index (χ0) is 26.0. The maximum atomic E-state index is 13.2. The van der Waals surface area contributed by atoms with Crippen molar-refractivity contribution in [1.82, 2.24) is 0 Å². The number of ether oxygens (including phenoxy) is 2. The first-order chi connectivity index (χ1) is 17.0. The molecule has 3 aromatic carbocycles. The number of hydrogen-bond donors (Lipinski definition) is 1. The van der Waals surface area contributed by atoms with Crippen LogP contribution in [0.2, 0.25) is 0 Å². The van der Waals surface area contributed by atoms with Gasteiger partial charge in [0.15, 0.2) is 0 Å². The van der Waals surface area contributed by atoms with E-state index in [1.54, 1.807) is 54.6 Å². The summed E-state index contributed by atoms with van der Waals surface area (Å²) in [6.07, 6.45) is -5.00. The van der Waals surface area contributed by atoms with E-state index in [-0.39, 0.29) is 22.9 Å². The molecule has 1 amide bonds. The molecule has 3 aromatic rings. The van der Waals surface area contributed by atoms with Gasteiger partial charge in [-0.2, -0.15) is 0 Å². The molecule has 6 nitrogen and oxygen atoms in total. The summed E-state index contributed by atoms with van der Waals surface area (Å²) in [6.45, 7) is 3.73. The first-order valence-electron chi connectivity index (χ1n) is 11.0. The quantitative estimate of drug-likeness (QED) is 0.257. The fourth-order valence-electron chi connectivity index (χ4n) is 4.00. The molecule has 1 aliphatic heterocycles. The Hall–Kier alpha value is -4.27. The van der Waals surface area contributed by atoms with Crippen LogP contribution in [0.15, 0.2) is 84.4 Å². The zero-order valence-electron chi connectivity index (χ0n) is 19.3. The standard InChI is InChI=1S/C27H22F3NO5/c1-16(2)35-20-13-11-18(12-14-20)24(32)22-23(17-7-4-3-5-8-17)31(26(34)25(22)33)19-9-6-10-21(15-19)36-27(28,29)30/h3-16,23,32H,1-2H3/b24-22+. The van der Waals surface area contributed by atoms with Crippen LogP contribution in [-0.4, -0.2) is 29.3 Å². The van der Waals surface area contributed by atoms with E-state index in [0.717, 1.165) is 17.0 Å². The number of hydrogen-bond acceptors (Lipinski definition) is 5. The van der Waals surface area contributed by atoms with Gasteiger partial charge in [0.25, 0.3) is 11.7 Å². The van der Waals surface area contributed by atoms with Crippen LogP contribution in [0, 0.1) is 0 Å². The van der Waals surface area contributed by atoms with Gasteiger partial charge in [-0.15, -0.1) is 13.2 Å². The molecule has 1 saturated heterocycles. The lowest BCUT2D eigenvalue weighted by molar-refractivity contribution is -0.274. The summed E-state index contributed by atoms with van der Waals surface area (Å²) in [6, 6.07) is 18.5. The molecule has 1 unspecified atom stereocenters. The van der Waals surface area contributed by atoms with Crippen molar-refractivity contribution in [3.63, 3.8) is 0 Å². The number of anilines is 1. The average molecular weight is 497 g/mol. The molecule has 1 fully saturated rings. The van der Waals surface area contributed by atoms with Gasteiger partial charge in [0.1, 0.15) is 17.3 Å². The van der Waals surface area contributed by atoms with Crippen LogP contribution in [0.3, 0.4) is 0 Å². The van der Waals surface area contributed by atoms with Gasteiger partial charge < -0.3 is 14.6 Å². The average Bonchev–Trinajstić information content (AvgIpc) is 3.09. The Morgan fingerprint density at radius 2 is 1.58 bits per heavy atom. The summed E-state index contributed by atoms with van der Waals surface area (Å²) in [7, 11) is 0. The van der Waals surface area contributed by atoms with Gasteiger partial charge in [-0.3, -0.25) is 14.5 Å². The second kappa shape index (κ2) is 9.77. The minimum absolute atomic E-state index is 0.00688. The highest BCUT2D eigenvalue weighted by Gasteiger charge is 2.47. The number of halogens is 3. The zero-order valence-corrected chi connectivity index (χ0v) is 19.3. The highest BCUT2D eigenvalue weighted by Crippen LogP contribution is 2.43. The number of ketones is 1. The second-order valence-electron chi connectivity index (χ2n) is 8.32. The lowest BCUT2D eigenvalue weighted by atomic mass is 9.95. The SMILES string of the molecule is CC(C)Oc1ccc(/C(O)=C2\C(=O)C(=O)N(c3cccc(OC(F)(F)F)c3)C2c2ccccc2)cc1. The Morgan fingerprint density at radius 3 is 2.19 bits per heavy atom. The predicted molar refractivity (Wildman–Crippen MR) is 127 cm³/mol. The number of carbonyl (C=O) groups is 2. The first kappa shape index (κ1) is 24.8. The molecule has 36 heavy (non-hydrogen) atoms. The number of aliphatic hydroxyl groups excluding tert-OH is 1. The molecular weight excluding hydrogens is 475 g/mol. The number of nitrogens with zero attached hydrogens (tertiary/aromatic N) is 1. The summed E-state index contributed by atoms with van der Waals surface area (Å²) in [5, 5.41) is 11.2. The van der Waals surface area contributed by atoms with Crippen LogP contribution < -0.4 is 14.4 Å². The van der Waals surface area contributed by atoms with E-state index in [4.69, 9.17) is 4.74 Å². The molecule has 0 bridgehead atoms. The Bertz CT molecular complexity index is 1300. The van der Waals surface area contributed by atoms with E-state index in [9.17, 15) is 27.9 Å². The molecule has 1 N–H and O–H groups in total. The van der Waals surface area contributed by atoms with E-state index < -0.39 is 35.6 Å². The van der Waals surface area contributed by atoms with Gasteiger partial charge >= 0.3 is 6.36 Å². The van der Waals surface area contributed by atoms with Crippen molar-refractivity contribution in [3.8, 4) is 11.5 Å². The van der Waals surface area contributed by atoms with Crippen molar-refractivity contribution in [2.75, 3.05) is 4.90 Å². The lowest BCUT2D eigenvalue weighted by Crippen LogP contribution is -2.29. The molecule has 0 aromatic heterocycles. The molecular formula is C27H22F3NO5. The van der Waals surface area contributed by atoms with Gasteiger partial charge in [0.2, 0.25) is 0 Å². The molecule has 1 atom stereocenters. The van der Waals surface area contributed by atoms with E-state index in [1.165, 1.54) is 12.1 Å². The number of carbonyl (C=O) groups excluding carboxylic acids is 2. The Labute approximate surface area is 205 Å². The lowest BCUT2D eigenvalue weighted by Gasteiger charge is -2.26. The van der Waals surface area contributed by atoms with Crippen LogP contribution in [0.25, 0.3) is 5.76 Å². The highest BCUT2D eigenvalue weighted by atomic mass is 19.4. The van der Waals surface area contributed by atoms with Crippen LogP contribution >= 0.6 is 0 Å². The first-order valence-corrected chi connectivity index (χ1v) is 11.0. The third-order valence-corrected chi connectivity index (χ3v) is 5.39. The maximum Gasteiger partial charge on any atom is 0.573 e. The molecule has 1 aliphatic rings. The van der Waals surface area contributed by atoms with Gasteiger partial charge in [-0.1, -0.05) is 36.4 Å². The maximum absolute atomic E-state index is 13.2. The molecule has 0 saturated carbocycles. The molecule has 0 spiro atoms. The van der Waals surface area contributed by atoms with Gasteiger partial charge in [0.05, 0.1) is 17.7 Å². The number of aliphatic hydroxyl groups is 1. The van der Waals surface area contributed by atoms with Crippen molar-refractivity contribution < 1.29 is 37.3 Å². The van der Waals surface area contributed by atoms with Crippen LogP contribution in [0.4, 0.5) is 18.9 Å². The van der Waals surface area contributed by atoms with E-state index in [2.05, 4.69) is 4.74 Å². The normalized spacial score (nSPS) is 17.5.